The van der Waals surface area contributed by atoms with Crippen LogP contribution in [0.25, 0.3) is 0 Å². The van der Waals surface area contributed by atoms with Crippen LogP contribution >= 0.6 is 0 Å². The number of carbonyl (C=O) groups is 1. The number of nitrogens with zero attached hydrogens (tertiary/aromatic N) is 2. The molecule has 3 heteroatoms. The average Bonchev–Trinajstić information content (AvgIpc) is 2.37. The van der Waals surface area contributed by atoms with Gasteiger partial charge in [-0.1, -0.05) is 19.9 Å². The van der Waals surface area contributed by atoms with Crippen molar-refractivity contribution in [2.75, 3.05) is 13.1 Å². The van der Waals surface area contributed by atoms with E-state index in [0.717, 1.165) is 38.0 Å². The van der Waals surface area contributed by atoms with Crippen molar-refractivity contribution in [2.24, 2.45) is 0 Å². The van der Waals surface area contributed by atoms with Crippen LogP contribution in [-0.2, 0) is 11.2 Å². The molecule has 0 fully saturated rings. The Morgan fingerprint density at radius 3 is 2.47 bits per heavy atom. The van der Waals surface area contributed by atoms with Crippen molar-refractivity contribution in [3.8, 4) is 0 Å². The number of hydrogen-bond acceptors (Lipinski definition) is 2. The van der Waals surface area contributed by atoms with Crippen LogP contribution in [0.4, 0.5) is 0 Å². The molecule has 17 heavy (non-hydrogen) atoms. The molecule has 1 aromatic rings. The lowest BCUT2D eigenvalue weighted by Gasteiger charge is -2.21. The highest BCUT2D eigenvalue weighted by atomic mass is 16.2. The quantitative estimate of drug-likeness (QED) is 0.726. The van der Waals surface area contributed by atoms with Crippen LogP contribution in [0.5, 0.6) is 0 Å². The number of carbonyl (C=O) groups excluding carboxylic acids is 1. The lowest BCUT2D eigenvalue weighted by Crippen LogP contribution is -2.32. The molecule has 0 saturated carbocycles. The normalized spacial score (nSPS) is 10.2. The van der Waals surface area contributed by atoms with Gasteiger partial charge in [-0.2, -0.15) is 0 Å². The molecule has 0 aliphatic carbocycles. The van der Waals surface area contributed by atoms with E-state index in [9.17, 15) is 4.79 Å². The summed E-state index contributed by atoms with van der Waals surface area (Å²) in [6, 6.07) is 5.83. The first-order chi connectivity index (χ1) is 8.27. The van der Waals surface area contributed by atoms with Gasteiger partial charge in [0.1, 0.15) is 0 Å². The van der Waals surface area contributed by atoms with Crippen LogP contribution in [-0.4, -0.2) is 28.9 Å². The summed E-state index contributed by atoms with van der Waals surface area (Å²) in [6.07, 6.45) is 5.13. The van der Waals surface area contributed by atoms with E-state index in [1.807, 2.05) is 23.1 Å². The van der Waals surface area contributed by atoms with Crippen molar-refractivity contribution in [2.45, 2.75) is 39.5 Å². The van der Waals surface area contributed by atoms with Gasteiger partial charge in [0.05, 0.1) is 0 Å². The van der Waals surface area contributed by atoms with Gasteiger partial charge in [0.2, 0.25) is 5.91 Å². The lowest BCUT2D eigenvalue weighted by molar-refractivity contribution is -0.131. The standard InChI is InChI=1S/C14H22N2O/c1-3-11-16(12-4-2)14(17)9-8-13-7-5-6-10-15-13/h5-7,10H,3-4,8-9,11-12H2,1-2H3. The van der Waals surface area contributed by atoms with E-state index in [4.69, 9.17) is 0 Å². The van der Waals surface area contributed by atoms with Crippen LogP contribution in [0.2, 0.25) is 0 Å². The first-order valence-corrected chi connectivity index (χ1v) is 6.45. The molecule has 0 radical (unpaired) electrons. The van der Waals surface area contributed by atoms with Gasteiger partial charge in [-0.25, -0.2) is 0 Å². The molecule has 1 heterocycles. The largest absolute Gasteiger partial charge is 0.343 e. The summed E-state index contributed by atoms with van der Waals surface area (Å²) in [4.78, 5) is 18.2. The van der Waals surface area contributed by atoms with Crippen LogP contribution in [0.1, 0.15) is 38.8 Å². The zero-order chi connectivity index (χ0) is 12.5. The summed E-state index contributed by atoms with van der Waals surface area (Å²) in [7, 11) is 0. The smallest absolute Gasteiger partial charge is 0.222 e. The van der Waals surface area contributed by atoms with Crippen molar-refractivity contribution in [3.05, 3.63) is 30.1 Å². The third-order valence-corrected chi connectivity index (χ3v) is 2.66. The van der Waals surface area contributed by atoms with Crippen LogP contribution in [0.15, 0.2) is 24.4 Å². The first-order valence-electron chi connectivity index (χ1n) is 6.45. The summed E-state index contributed by atoms with van der Waals surface area (Å²) in [5.74, 6) is 0.249. The van der Waals surface area contributed by atoms with Crippen LogP contribution in [0, 0.1) is 0 Å². The predicted octanol–water partition coefficient (Wildman–Crippen LogP) is 2.66. The molecule has 0 aromatic carbocycles. The van der Waals surface area contributed by atoms with Crippen molar-refractivity contribution in [3.63, 3.8) is 0 Å². The molecule has 0 unspecified atom stereocenters. The minimum atomic E-state index is 0.249. The number of hydrogen-bond donors (Lipinski definition) is 0. The number of aryl methyl sites for hydroxylation is 1. The fourth-order valence-electron chi connectivity index (χ4n) is 1.84. The van der Waals surface area contributed by atoms with E-state index in [0.29, 0.717) is 6.42 Å². The highest BCUT2D eigenvalue weighted by molar-refractivity contribution is 5.76. The maximum Gasteiger partial charge on any atom is 0.222 e. The van der Waals surface area contributed by atoms with Gasteiger partial charge in [0.15, 0.2) is 0 Å². The highest BCUT2D eigenvalue weighted by Crippen LogP contribution is 2.03. The Kier molecular flexibility index (Phi) is 6.30. The minimum Gasteiger partial charge on any atom is -0.343 e. The molecular formula is C14H22N2O. The van der Waals surface area contributed by atoms with Crippen molar-refractivity contribution in [1.29, 1.82) is 0 Å². The summed E-state index contributed by atoms with van der Waals surface area (Å²) in [5.41, 5.74) is 0.994. The van der Waals surface area contributed by atoms with Gasteiger partial charge in [0.25, 0.3) is 0 Å². The molecule has 0 saturated heterocycles. The molecule has 94 valence electrons. The SMILES string of the molecule is CCCN(CCC)C(=O)CCc1ccccn1. The maximum atomic E-state index is 12.0. The Hall–Kier alpha value is -1.38. The Balaban J connectivity index is 2.41. The molecule has 0 bridgehead atoms. The van der Waals surface area contributed by atoms with Crippen LogP contribution in [0.3, 0.4) is 0 Å². The van der Waals surface area contributed by atoms with Crippen molar-refractivity contribution >= 4 is 5.91 Å². The number of aromatic nitrogens is 1. The van der Waals surface area contributed by atoms with E-state index >= 15 is 0 Å². The van der Waals surface area contributed by atoms with Gasteiger partial charge in [-0.15, -0.1) is 0 Å². The number of amides is 1. The van der Waals surface area contributed by atoms with Gasteiger partial charge >= 0.3 is 0 Å². The third kappa shape index (κ3) is 4.98. The fourth-order valence-corrected chi connectivity index (χ4v) is 1.84. The number of rotatable bonds is 7. The molecule has 1 aromatic heterocycles. The first kappa shape index (κ1) is 13.7. The monoisotopic (exact) mass is 234 g/mol. The summed E-state index contributed by atoms with van der Waals surface area (Å²) >= 11 is 0. The van der Waals surface area contributed by atoms with E-state index in [1.54, 1.807) is 6.20 Å². The highest BCUT2D eigenvalue weighted by Gasteiger charge is 2.11. The Labute approximate surface area is 104 Å². The van der Waals surface area contributed by atoms with E-state index in [2.05, 4.69) is 18.8 Å². The van der Waals surface area contributed by atoms with E-state index in [-0.39, 0.29) is 5.91 Å². The topological polar surface area (TPSA) is 33.2 Å². The van der Waals surface area contributed by atoms with Crippen molar-refractivity contribution in [1.82, 2.24) is 9.88 Å². The molecule has 1 rings (SSSR count). The number of pyridine rings is 1. The second kappa shape index (κ2) is 7.82. The molecule has 3 nitrogen and oxygen atoms in total. The zero-order valence-corrected chi connectivity index (χ0v) is 10.9. The molecule has 0 aliphatic heterocycles. The lowest BCUT2D eigenvalue weighted by atomic mass is 10.2. The van der Waals surface area contributed by atoms with Gasteiger partial charge in [-0.3, -0.25) is 9.78 Å². The molecule has 0 N–H and O–H groups in total. The van der Waals surface area contributed by atoms with Gasteiger partial charge in [-0.05, 0) is 31.4 Å². The minimum absolute atomic E-state index is 0.249. The molecule has 1 amide bonds. The van der Waals surface area contributed by atoms with Gasteiger partial charge < -0.3 is 4.90 Å². The molecule has 0 atom stereocenters. The van der Waals surface area contributed by atoms with E-state index < -0.39 is 0 Å². The summed E-state index contributed by atoms with van der Waals surface area (Å²) < 4.78 is 0. The molecular weight excluding hydrogens is 212 g/mol. The fraction of sp³-hybridized carbons (Fsp3) is 0.571. The predicted molar refractivity (Wildman–Crippen MR) is 69.7 cm³/mol. The summed E-state index contributed by atoms with van der Waals surface area (Å²) in [5, 5.41) is 0. The second-order valence-electron chi connectivity index (χ2n) is 4.20. The van der Waals surface area contributed by atoms with E-state index in [1.165, 1.54) is 0 Å². The Morgan fingerprint density at radius 2 is 1.94 bits per heavy atom. The molecule has 0 spiro atoms. The zero-order valence-electron chi connectivity index (χ0n) is 10.9. The van der Waals surface area contributed by atoms with Crippen molar-refractivity contribution < 1.29 is 4.79 Å². The third-order valence-electron chi connectivity index (χ3n) is 2.66. The summed E-state index contributed by atoms with van der Waals surface area (Å²) in [6.45, 7) is 5.95. The molecule has 0 aliphatic rings. The maximum absolute atomic E-state index is 12.0. The second-order valence-corrected chi connectivity index (χ2v) is 4.20. The Morgan fingerprint density at radius 1 is 1.24 bits per heavy atom. The van der Waals surface area contributed by atoms with Crippen LogP contribution < -0.4 is 0 Å². The average molecular weight is 234 g/mol. The Bertz CT molecular complexity index is 318. The van der Waals surface area contributed by atoms with Gasteiger partial charge in [0, 0.05) is 31.4 Å².